The number of fused-ring (bicyclic) bond motifs is 5. The van der Waals surface area contributed by atoms with Crippen LogP contribution in [0.15, 0.2) is 54.6 Å². The largest absolute Gasteiger partial charge is 0.339 e. The van der Waals surface area contributed by atoms with Crippen molar-refractivity contribution in [1.29, 1.82) is 0 Å². The predicted molar refractivity (Wildman–Crippen MR) is 121 cm³/mol. The predicted octanol–water partition coefficient (Wildman–Crippen LogP) is 2.59. The van der Waals surface area contributed by atoms with Gasteiger partial charge in [0.05, 0.1) is 24.4 Å². The molecule has 2 aromatic carbocycles. The van der Waals surface area contributed by atoms with Gasteiger partial charge in [0, 0.05) is 23.7 Å². The van der Waals surface area contributed by atoms with Gasteiger partial charge in [-0.2, -0.15) is 0 Å². The van der Waals surface area contributed by atoms with Crippen molar-refractivity contribution in [3.8, 4) is 0 Å². The zero-order chi connectivity index (χ0) is 23.5. The van der Waals surface area contributed by atoms with E-state index in [1.54, 1.807) is 36.1 Å². The van der Waals surface area contributed by atoms with Crippen LogP contribution in [0.5, 0.6) is 0 Å². The van der Waals surface area contributed by atoms with Gasteiger partial charge >= 0.3 is 0 Å². The first kappa shape index (κ1) is 21.6. The summed E-state index contributed by atoms with van der Waals surface area (Å²) in [6, 6.07) is 15.2. The molecule has 33 heavy (non-hydrogen) atoms. The van der Waals surface area contributed by atoms with Crippen molar-refractivity contribution in [1.82, 2.24) is 14.7 Å². The second-order valence-corrected chi connectivity index (χ2v) is 9.43. The van der Waals surface area contributed by atoms with Crippen LogP contribution in [0.25, 0.3) is 0 Å². The summed E-state index contributed by atoms with van der Waals surface area (Å²) in [6.07, 6.45) is 0. The molecule has 2 aromatic rings. The molecule has 0 aliphatic carbocycles. The molecule has 5 rings (SSSR count). The number of halogens is 1. The van der Waals surface area contributed by atoms with Crippen molar-refractivity contribution in [3.63, 3.8) is 0 Å². The van der Waals surface area contributed by atoms with E-state index in [9.17, 15) is 19.2 Å². The smallest absolute Gasteiger partial charge is 0.255 e. The first-order valence-electron chi connectivity index (χ1n) is 11.1. The molecule has 3 aliphatic rings. The minimum absolute atomic E-state index is 0.158. The van der Waals surface area contributed by atoms with E-state index in [1.807, 2.05) is 37.3 Å². The van der Waals surface area contributed by atoms with E-state index in [1.165, 1.54) is 9.80 Å². The van der Waals surface area contributed by atoms with Crippen molar-refractivity contribution in [3.05, 3.63) is 70.7 Å². The summed E-state index contributed by atoms with van der Waals surface area (Å²) in [7, 11) is 0. The van der Waals surface area contributed by atoms with E-state index in [0.717, 1.165) is 5.56 Å². The van der Waals surface area contributed by atoms with Crippen LogP contribution in [0, 0.1) is 11.8 Å². The van der Waals surface area contributed by atoms with Gasteiger partial charge in [-0.05, 0) is 43.7 Å². The van der Waals surface area contributed by atoms with Gasteiger partial charge in [-0.1, -0.05) is 41.9 Å². The highest BCUT2D eigenvalue weighted by molar-refractivity contribution is 6.30. The molecule has 3 fully saturated rings. The molecule has 3 heterocycles. The topological polar surface area (TPSA) is 78.0 Å². The SMILES string of the molecule is CCN1C[C@@H]2[C@@H]3C(=O)N(Cc4ccccc4)C(=O)[C@@H]3[C@](C)(C1=O)N2C(=O)c1ccc(Cl)cc1. The third-order valence-corrected chi connectivity index (χ3v) is 7.55. The molecular formula is C25H24ClN3O4. The Balaban J connectivity index is 1.56. The number of carbonyl (C=O) groups is 4. The lowest BCUT2D eigenvalue weighted by molar-refractivity contribution is -0.155. The Labute approximate surface area is 196 Å². The fraction of sp³-hybridized carbons (Fsp3) is 0.360. The van der Waals surface area contributed by atoms with Crippen LogP contribution in [0.3, 0.4) is 0 Å². The summed E-state index contributed by atoms with van der Waals surface area (Å²) in [5, 5.41) is 0.492. The maximum absolute atomic E-state index is 13.6. The summed E-state index contributed by atoms with van der Waals surface area (Å²) in [5.74, 6) is -3.02. The monoisotopic (exact) mass is 465 g/mol. The molecule has 0 unspecified atom stereocenters. The summed E-state index contributed by atoms with van der Waals surface area (Å²) in [4.78, 5) is 58.8. The van der Waals surface area contributed by atoms with E-state index >= 15 is 0 Å². The molecule has 0 radical (unpaired) electrons. The molecule has 170 valence electrons. The number of benzene rings is 2. The van der Waals surface area contributed by atoms with Crippen molar-refractivity contribution in [2.45, 2.75) is 32.0 Å². The third-order valence-electron chi connectivity index (χ3n) is 7.30. The maximum atomic E-state index is 13.6. The molecule has 3 saturated heterocycles. The number of hydrogen-bond acceptors (Lipinski definition) is 4. The highest BCUT2D eigenvalue weighted by Crippen LogP contribution is 2.52. The highest BCUT2D eigenvalue weighted by atomic mass is 35.5. The number of nitrogens with zero attached hydrogens (tertiary/aromatic N) is 3. The Morgan fingerprint density at radius 1 is 1.03 bits per heavy atom. The van der Waals surface area contributed by atoms with Gasteiger partial charge in [-0.15, -0.1) is 0 Å². The fourth-order valence-electron chi connectivity index (χ4n) is 5.73. The molecule has 0 aromatic heterocycles. The molecule has 0 N–H and O–H groups in total. The Morgan fingerprint density at radius 3 is 2.33 bits per heavy atom. The average molecular weight is 466 g/mol. The number of piperazine rings is 1. The van der Waals surface area contributed by atoms with Crippen LogP contribution < -0.4 is 0 Å². The zero-order valence-corrected chi connectivity index (χ0v) is 19.2. The summed E-state index contributed by atoms with van der Waals surface area (Å²) >= 11 is 5.98. The van der Waals surface area contributed by atoms with E-state index in [4.69, 9.17) is 11.6 Å². The lowest BCUT2D eigenvalue weighted by Crippen LogP contribution is -2.68. The van der Waals surface area contributed by atoms with Gasteiger partial charge < -0.3 is 9.80 Å². The number of rotatable bonds is 4. The first-order valence-corrected chi connectivity index (χ1v) is 11.4. The normalized spacial score (nSPS) is 28.5. The van der Waals surface area contributed by atoms with E-state index in [2.05, 4.69) is 0 Å². The zero-order valence-electron chi connectivity index (χ0n) is 18.4. The summed E-state index contributed by atoms with van der Waals surface area (Å²) in [6.45, 7) is 4.33. The standard InChI is InChI=1S/C25H24ClN3O4/c1-3-27-14-18-19-20(23(32)28(22(19)31)13-15-7-5-4-6-8-15)25(2,24(27)33)29(18)21(30)16-9-11-17(26)12-10-16/h4-12,18-20H,3,13-14H2,1-2H3/t18-,19+,20-,25-/m1/s1. The van der Waals surface area contributed by atoms with Crippen LogP contribution in [0.2, 0.25) is 5.02 Å². The number of amides is 4. The van der Waals surface area contributed by atoms with Crippen LogP contribution in [-0.2, 0) is 20.9 Å². The molecule has 4 amide bonds. The van der Waals surface area contributed by atoms with E-state index in [0.29, 0.717) is 17.1 Å². The molecule has 0 spiro atoms. The quantitative estimate of drug-likeness (QED) is 0.650. The second-order valence-electron chi connectivity index (χ2n) is 8.99. The van der Waals surface area contributed by atoms with Gasteiger partial charge in [0.25, 0.3) is 5.91 Å². The fourth-order valence-corrected chi connectivity index (χ4v) is 5.86. The van der Waals surface area contributed by atoms with Crippen molar-refractivity contribution in [2.75, 3.05) is 13.1 Å². The van der Waals surface area contributed by atoms with Gasteiger partial charge in [-0.25, -0.2) is 0 Å². The van der Waals surface area contributed by atoms with Crippen LogP contribution in [-0.4, -0.2) is 63.0 Å². The number of likely N-dealkylation sites (tertiary alicyclic amines) is 2. The van der Waals surface area contributed by atoms with Crippen molar-refractivity contribution < 1.29 is 19.2 Å². The van der Waals surface area contributed by atoms with Gasteiger partial charge in [-0.3, -0.25) is 24.1 Å². The molecule has 4 atom stereocenters. The maximum Gasteiger partial charge on any atom is 0.255 e. The number of carbonyl (C=O) groups excluding carboxylic acids is 4. The third kappa shape index (κ3) is 3.02. The van der Waals surface area contributed by atoms with Gasteiger partial charge in [0.15, 0.2) is 0 Å². The molecule has 0 saturated carbocycles. The van der Waals surface area contributed by atoms with Crippen LogP contribution in [0.1, 0.15) is 29.8 Å². The van der Waals surface area contributed by atoms with Crippen molar-refractivity contribution >= 4 is 35.2 Å². The molecule has 3 aliphatic heterocycles. The number of likely N-dealkylation sites (N-methyl/N-ethyl adjacent to an activating group) is 1. The lowest BCUT2D eigenvalue weighted by atomic mass is 9.81. The Morgan fingerprint density at radius 2 is 1.70 bits per heavy atom. The number of hydrogen-bond donors (Lipinski definition) is 0. The van der Waals surface area contributed by atoms with E-state index in [-0.39, 0.29) is 36.7 Å². The Hall–Kier alpha value is -3.19. The molecule has 8 heteroatoms. The summed E-state index contributed by atoms with van der Waals surface area (Å²) < 4.78 is 0. The van der Waals surface area contributed by atoms with Gasteiger partial charge in [0.1, 0.15) is 5.54 Å². The molecular weight excluding hydrogens is 442 g/mol. The minimum Gasteiger partial charge on any atom is -0.339 e. The van der Waals surface area contributed by atoms with Crippen molar-refractivity contribution in [2.24, 2.45) is 11.8 Å². The first-order chi connectivity index (χ1) is 15.8. The van der Waals surface area contributed by atoms with Crippen LogP contribution >= 0.6 is 11.6 Å². The average Bonchev–Trinajstić information content (AvgIpc) is 3.19. The van der Waals surface area contributed by atoms with Gasteiger partial charge in [0.2, 0.25) is 17.7 Å². The lowest BCUT2D eigenvalue weighted by Gasteiger charge is -2.47. The Bertz CT molecular complexity index is 1150. The summed E-state index contributed by atoms with van der Waals surface area (Å²) in [5.41, 5.74) is -0.224. The van der Waals surface area contributed by atoms with Crippen LogP contribution in [0.4, 0.5) is 0 Å². The Kier molecular flexibility index (Phi) is 5.05. The molecule has 7 nitrogen and oxygen atoms in total. The molecule has 2 bridgehead atoms. The number of imide groups is 1. The highest BCUT2D eigenvalue weighted by Gasteiger charge is 2.73. The minimum atomic E-state index is -1.43. The van der Waals surface area contributed by atoms with E-state index < -0.39 is 23.4 Å². The second kappa shape index (κ2) is 7.70.